The third-order valence-electron chi connectivity index (χ3n) is 2.52. The molecule has 0 saturated heterocycles. The molecular weight excluding hydrogens is 258 g/mol. The van der Waals surface area contributed by atoms with Crippen molar-refractivity contribution in [3.8, 4) is 0 Å². The highest BCUT2D eigenvalue weighted by molar-refractivity contribution is 6.61. The van der Waals surface area contributed by atoms with Crippen molar-refractivity contribution in [1.29, 1.82) is 0 Å². The average Bonchev–Trinajstić information content (AvgIpc) is 2.66. The predicted octanol–water partition coefficient (Wildman–Crippen LogP) is 0.304. The van der Waals surface area contributed by atoms with Gasteiger partial charge in [0.25, 0.3) is 0 Å². The van der Waals surface area contributed by atoms with Crippen LogP contribution in [0, 0.1) is 0 Å². The zero-order valence-electron chi connectivity index (χ0n) is 9.60. The van der Waals surface area contributed by atoms with Gasteiger partial charge in [0.2, 0.25) is 0 Å². The summed E-state index contributed by atoms with van der Waals surface area (Å²) in [5, 5.41) is 9.73. The summed E-state index contributed by atoms with van der Waals surface area (Å²) in [6.07, 6.45) is 0. The fourth-order valence-electron chi connectivity index (χ4n) is 1.65. The van der Waals surface area contributed by atoms with E-state index in [-0.39, 0.29) is 29.6 Å². The second-order valence-electron chi connectivity index (χ2n) is 3.97. The Kier molecular flexibility index (Phi) is 3.70. The molecule has 5 nitrogen and oxygen atoms in total. The molecule has 0 atom stereocenters. The normalized spacial score (nSPS) is 13.4. The molecule has 1 aliphatic heterocycles. The summed E-state index contributed by atoms with van der Waals surface area (Å²) in [6, 6.07) is 2.98. The number of benzene rings is 1. The largest absolute Gasteiger partial charge is 0.491 e. The first-order chi connectivity index (χ1) is 8.49. The van der Waals surface area contributed by atoms with Crippen LogP contribution in [0.3, 0.4) is 0 Å². The van der Waals surface area contributed by atoms with Crippen molar-refractivity contribution < 1.29 is 24.0 Å². The number of hydrogen-bond acceptors (Lipinski definition) is 5. The van der Waals surface area contributed by atoms with Gasteiger partial charge in [-0.05, 0) is 30.1 Å². The molecular formula is C11H10BClO5. The molecule has 0 saturated carbocycles. The van der Waals surface area contributed by atoms with Crippen molar-refractivity contribution in [3.05, 3.63) is 28.3 Å². The number of esters is 1. The maximum atomic E-state index is 11.7. The Labute approximate surface area is 109 Å². The Morgan fingerprint density at radius 1 is 1.56 bits per heavy atom. The molecule has 0 unspecified atom stereocenters. The van der Waals surface area contributed by atoms with Gasteiger partial charge in [0.15, 0.2) is 5.78 Å². The van der Waals surface area contributed by atoms with E-state index in [9.17, 15) is 14.6 Å². The molecule has 2 rings (SSSR count). The Morgan fingerprint density at radius 2 is 2.28 bits per heavy atom. The van der Waals surface area contributed by atoms with E-state index in [2.05, 4.69) is 0 Å². The van der Waals surface area contributed by atoms with Crippen LogP contribution in [0.5, 0.6) is 0 Å². The summed E-state index contributed by atoms with van der Waals surface area (Å²) in [7, 11) is -1.06. The fraction of sp³-hybridized carbons (Fsp3) is 0.273. The van der Waals surface area contributed by atoms with Crippen LogP contribution in [0.2, 0.25) is 5.02 Å². The molecule has 0 fully saturated rings. The molecule has 7 heteroatoms. The number of carbonyl (C=O) groups is 2. The number of hydrogen-bond donors (Lipinski definition) is 1. The lowest BCUT2D eigenvalue weighted by Crippen LogP contribution is -2.29. The predicted molar refractivity (Wildman–Crippen MR) is 64.8 cm³/mol. The van der Waals surface area contributed by atoms with Crippen molar-refractivity contribution >= 4 is 35.9 Å². The van der Waals surface area contributed by atoms with E-state index in [4.69, 9.17) is 21.0 Å². The van der Waals surface area contributed by atoms with Gasteiger partial charge in [-0.3, -0.25) is 4.79 Å². The number of ketones is 1. The third-order valence-corrected chi connectivity index (χ3v) is 2.83. The lowest BCUT2D eigenvalue weighted by Gasteiger charge is -2.07. The van der Waals surface area contributed by atoms with Gasteiger partial charge in [-0.2, -0.15) is 0 Å². The molecule has 1 N–H and O–H groups in total. The summed E-state index contributed by atoms with van der Waals surface area (Å²) in [6.45, 7) is 1.26. The zero-order valence-corrected chi connectivity index (χ0v) is 10.4. The Balaban J connectivity index is 2.26. The summed E-state index contributed by atoms with van der Waals surface area (Å²) in [5.74, 6) is -0.957. The molecule has 94 valence electrons. The number of rotatable bonds is 3. The molecule has 0 spiro atoms. The monoisotopic (exact) mass is 268 g/mol. The van der Waals surface area contributed by atoms with E-state index < -0.39 is 13.1 Å². The van der Waals surface area contributed by atoms with E-state index in [1.807, 2.05) is 0 Å². The summed E-state index contributed by atoms with van der Waals surface area (Å²) < 4.78 is 9.77. The molecule has 0 amide bonds. The van der Waals surface area contributed by atoms with Gasteiger partial charge in [-0.15, -0.1) is 0 Å². The van der Waals surface area contributed by atoms with E-state index in [0.717, 1.165) is 5.56 Å². The van der Waals surface area contributed by atoms with Crippen LogP contribution < -0.4 is 5.46 Å². The van der Waals surface area contributed by atoms with Gasteiger partial charge in [-0.25, -0.2) is 4.79 Å². The van der Waals surface area contributed by atoms with Crippen molar-refractivity contribution in [2.24, 2.45) is 0 Å². The number of halogens is 1. The van der Waals surface area contributed by atoms with Crippen molar-refractivity contribution in [3.63, 3.8) is 0 Å². The van der Waals surface area contributed by atoms with Crippen LogP contribution in [-0.4, -0.2) is 30.5 Å². The van der Waals surface area contributed by atoms with Crippen LogP contribution >= 0.6 is 11.6 Å². The molecule has 1 aromatic carbocycles. The molecule has 0 aliphatic carbocycles. The van der Waals surface area contributed by atoms with Crippen LogP contribution in [0.15, 0.2) is 12.1 Å². The lowest BCUT2D eigenvalue weighted by atomic mass is 9.79. The number of fused-ring (bicyclic) bond motifs is 1. The van der Waals surface area contributed by atoms with Crippen molar-refractivity contribution in [2.75, 3.05) is 6.61 Å². The van der Waals surface area contributed by atoms with Crippen molar-refractivity contribution in [1.82, 2.24) is 0 Å². The van der Waals surface area contributed by atoms with Gasteiger partial charge >= 0.3 is 13.1 Å². The third kappa shape index (κ3) is 2.55. The molecule has 18 heavy (non-hydrogen) atoms. The second-order valence-corrected chi connectivity index (χ2v) is 4.38. The minimum absolute atomic E-state index is 0.112. The molecule has 1 aromatic rings. The highest BCUT2D eigenvalue weighted by atomic mass is 35.5. The summed E-state index contributed by atoms with van der Waals surface area (Å²) >= 11 is 5.94. The minimum Gasteiger partial charge on any atom is -0.454 e. The van der Waals surface area contributed by atoms with E-state index in [0.29, 0.717) is 5.46 Å². The highest BCUT2D eigenvalue weighted by Gasteiger charge is 2.29. The van der Waals surface area contributed by atoms with Gasteiger partial charge in [0.05, 0.1) is 17.2 Å². The van der Waals surface area contributed by atoms with Gasteiger partial charge < -0.3 is 14.4 Å². The minimum atomic E-state index is -1.06. The van der Waals surface area contributed by atoms with E-state index >= 15 is 0 Å². The van der Waals surface area contributed by atoms with E-state index in [1.54, 1.807) is 6.07 Å². The van der Waals surface area contributed by atoms with Crippen LogP contribution in [-0.2, 0) is 20.8 Å². The smallest absolute Gasteiger partial charge is 0.454 e. The van der Waals surface area contributed by atoms with Gasteiger partial charge in [-0.1, -0.05) is 11.6 Å². The first-order valence-electron chi connectivity index (χ1n) is 5.27. The fourth-order valence-corrected chi connectivity index (χ4v) is 1.91. The molecule has 0 bridgehead atoms. The van der Waals surface area contributed by atoms with Crippen LogP contribution in [0.4, 0.5) is 0 Å². The Morgan fingerprint density at radius 3 is 2.94 bits per heavy atom. The maximum absolute atomic E-state index is 11.7. The van der Waals surface area contributed by atoms with Gasteiger partial charge in [0.1, 0.15) is 6.61 Å². The van der Waals surface area contributed by atoms with Crippen LogP contribution in [0.1, 0.15) is 22.8 Å². The Bertz CT molecular complexity index is 516. The first-order valence-corrected chi connectivity index (χ1v) is 5.65. The molecule has 1 aliphatic rings. The maximum Gasteiger partial charge on any atom is 0.491 e. The topological polar surface area (TPSA) is 72.8 Å². The van der Waals surface area contributed by atoms with E-state index in [1.165, 1.54) is 13.0 Å². The number of carbonyl (C=O) groups excluding carboxylic acids is 2. The second kappa shape index (κ2) is 5.10. The first kappa shape index (κ1) is 13.1. The summed E-state index contributed by atoms with van der Waals surface area (Å²) in [5.41, 5.74) is 1.34. The van der Waals surface area contributed by atoms with Crippen LogP contribution in [0.25, 0.3) is 0 Å². The standard InChI is InChI=1S/C11H10BClO5/c1-6(14)4-17-11(15)8-3-9-7(2-10(8)13)5-18-12(9)16/h2-3,16H,4-5H2,1H3. The van der Waals surface area contributed by atoms with Crippen molar-refractivity contribution in [2.45, 2.75) is 13.5 Å². The summed E-state index contributed by atoms with van der Waals surface area (Å²) in [4.78, 5) is 22.4. The quantitative estimate of drug-likeness (QED) is 0.631. The highest BCUT2D eigenvalue weighted by Crippen LogP contribution is 2.21. The lowest BCUT2D eigenvalue weighted by molar-refractivity contribution is -0.120. The SMILES string of the molecule is CC(=O)COC(=O)c1cc2c(cc1Cl)COB2O. The number of ether oxygens (including phenoxy) is 1. The molecule has 0 aromatic heterocycles. The molecule has 0 radical (unpaired) electrons. The number of Topliss-reactive ketones (excluding diaryl/α,β-unsaturated/α-hetero) is 1. The van der Waals surface area contributed by atoms with Gasteiger partial charge in [0, 0.05) is 0 Å². The molecule has 1 heterocycles. The Hall–Kier alpha value is -1.37. The average molecular weight is 268 g/mol. The zero-order chi connectivity index (χ0) is 13.3.